The van der Waals surface area contributed by atoms with Gasteiger partial charge in [-0.1, -0.05) is 18.2 Å². The molecule has 1 unspecified atom stereocenters. The Bertz CT molecular complexity index is 1130. The van der Waals surface area contributed by atoms with Gasteiger partial charge in [-0.15, -0.1) is 0 Å². The second kappa shape index (κ2) is 10.4. The van der Waals surface area contributed by atoms with Crippen molar-refractivity contribution in [1.82, 2.24) is 19.9 Å². The van der Waals surface area contributed by atoms with Crippen molar-refractivity contribution in [3.8, 4) is 11.4 Å². The highest BCUT2D eigenvalue weighted by molar-refractivity contribution is 5.94. The van der Waals surface area contributed by atoms with Gasteiger partial charge in [0, 0.05) is 13.1 Å². The second-order valence-corrected chi connectivity index (χ2v) is 7.93. The molecular weight excluding hydrogens is 423 g/mol. The van der Waals surface area contributed by atoms with Crippen molar-refractivity contribution in [3.63, 3.8) is 0 Å². The maximum absolute atomic E-state index is 13.7. The molecule has 4 rings (SSSR count). The Balaban J connectivity index is 1.42. The summed E-state index contributed by atoms with van der Waals surface area (Å²) in [6.45, 7) is 0.625. The van der Waals surface area contributed by atoms with Crippen molar-refractivity contribution >= 4 is 17.7 Å². The number of aliphatic hydroxyl groups excluding tert-OH is 2. The molecule has 0 radical (unpaired) electrons. The number of amidine groups is 1. The van der Waals surface area contributed by atoms with Gasteiger partial charge in [-0.3, -0.25) is 5.41 Å². The highest BCUT2D eigenvalue weighted by atomic mass is 19.1. The van der Waals surface area contributed by atoms with Crippen LogP contribution in [0.4, 0.5) is 10.2 Å². The molecule has 1 aliphatic heterocycles. The fourth-order valence-electron chi connectivity index (χ4n) is 3.89. The summed E-state index contributed by atoms with van der Waals surface area (Å²) in [5.74, 6) is 1.26. The lowest BCUT2D eigenvalue weighted by molar-refractivity contribution is 0.105. The van der Waals surface area contributed by atoms with Gasteiger partial charge in [0.15, 0.2) is 0 Å². The van der Waals surface area contributed by atoms with Crippen LogP contribution in [0.3, 0.4) is 0 Å². The van der Waals surface area contributed by atoms with E-state index in [2.05, 4.69) is 20.3 Å². The molecule has 9 heteroatoms. The number of hydrogen-bond acceptors (Lipinski definition) is 6. The van der Waals surface area contributed by atoms with E-state index in [4.69, 9.17) is 10.5 Å². The fraction of sp³-hybridized carbons (Fsp3) is 0.292. The summed E-state index contributed by atoms with van der Waals surface area (Å²) in [5, 5.41) is 29.9. The molecule has 1 aliphatic rings. The number of H-pyrrole nitrogens is 1. The number of nitrogens with zero attached hydrogens (tertiary/aromatic N) is 3. The van der Waals surface area contributed by atoms with Crippen molar-refractivity contribution in [1.29, 1.82) is 5.41 Å². The first kappa shape index (κ1) is 22.6. The van der Waals surface area contributed by atoms with E-state index in [0.29, 0.717) is 28.9 Å². The van der Waals surface area contributed by atoms with Crippen LogP contribution in [-0.4, -0.2) is 61.7 Å². The highest BCUT2D eigenvalue weighted by Crippen LogP contribution is 2.32. The summed E-state index contributed by atoms with van der Waals surface area (Å²) in [4.78, 5) is 14.0. The van der Waals surface area contributed by atoms with Crippen molar-refractivity contribution in [2.75, 3.05) is 25.0 Å². The average Bonchev–Trinajstić information content (AvgIpc) is 3.51. The zero-order valence-corrected chi connectivity index (χ0v) is 18.1. The molecule has 8 nitrogen and oxygen atoms in total. The lowest BCUT2D eigenvalue weighted by Gasteiger charge is -2.26. The summed E-state index contributed by atoms with van der Waals surface area (Å²) >= 11 is 0. The van der Waals surface area contributed by atoms with Crippen molar-refractivity contribution < 1.29 is 14.6 Å². The Morgan fingerprint density at radius 3 is 3.00 bits per heavy atom. The number of aromatic nitrogens is 3. The number of aromatic amines is 1. The molecule has 2 atom stereocenters. The molecule has 0 aliphatic carbocycles. The van der Waals surface area contributed by atoms with Gasteiger partial charge in [-0.05, 0) is 54.8 Å². The molecule has 0 saturated carbocycles. The van der Waals surface area contributed by atoms with E-state index in [9.17, 15) is 9.50 Å². The van der Waals surface area contributed by atoms with E-state index in [1.165, 1.54) is 6.07 Å². The predicted molar refractivity (Wildman–Crippen MR) is 125 cm³/mol. The Hall–Kier alpha value is -3.56. The minimum absolute atomic E-state index is 0.00574. The number of halogens is 1. The average molecular weight is 451 g/mol. The van der Waals surface area contributed by atoms with Crippen LogP contribution in [0.15, 0.2) is 54.7 Å². The molecule has 1 aromatic carbocycles. The third kappa shape index (κ3) is 5.63. The third-order valence-corrected chi connectivity index (χ3v) is 5.54. The Morgan fingerprint density at radius 1 is 1.33 bits per heavy atom. The maximum Gasteiger partial charge on any atom is 0.130 e. The van der Waals surface area contributed by atoms with Gasteiger partial charge in [0.1, 0.15) is 23.3 Å². The number of pyridine rings is 1. The normalized spacial score (nSPS) is 16.9. The van der Waals surface area contributed by atoms with Gasteiger partial charge in [0.2, 0.25) is 0 Å². The van der Waals surface area contributed by atoms with Crippen LogP contribution in [0, 0.1) is 11.2 Å². The summed E-state index contributed by atoms with van der Waals surface area (Å²) < 4.78 is 13.7. The number of imidazole rings is 1. The van der Waals surface area contributed by atoms with E-state index >= 15 is 0 Å². The van der Waals surface area contributed by atoms with Gasteiger partial charge in [0.25, 0.3) is 0 Å². The Kier molecular flexibility index (Phi) is 7.11. The maximum atomic E-state index is 13.7. The highest BCUT2D eigenvalue weighted by Gasteiger charge is 2.27. The van der Waals surface area contributed by atoms with E-state index in [1.807, 2.05) is 23.1 Å². The fourth-order valence-corrected chi connectivity index (χ4v) is 3.89. The van der Waals surface area contributed by atoms with Crippen molar-refractivity contribution in [2.45, 2.75) is 25.0 Å². The molecule has 3 aromatic rings. The number of aliphatic hydroxyl groups is 2. The van der Waals surface area contributed by atoms with Crippen LogP contribution >= 0.6 is 0 Å². The molecule has 2 aromatic heterocycles. The first-order valence-corrected chi connectivity index (χ1v) is 10.9. The topological polar surface area (TPSA) is 121 Å². The molecular formula is C24H27FN6O2. The lowest BCUT2D eigenvalue weighted by Crippen LogP contribution is -2.28. The molecule has 0 bridgehead atoms. The number of anilines is 1. The predicted octanol–water partition coefficient (Wildman–Crippen LogP) is 3.20. The number of rotatable bonds is 8. The van der Waals surface area contributed by atoms with Crippen LogP contribution in [0.25, 0.3) is 17.5 Å². The van der Waals surface area contributed by atoms with E-state index in [-0.39, 0.29) is 25.0 Å². The van der Waals surface area contributed by atoms with Crippen LogP contribution in [0.1, 0.15) is 30.3 Å². The van der Waals surface area contributed by atoms with E-state index in [0.717, 1.165) is 24.9 Å². The van der Waals surface area contributed by atoms with Gasteiger partial charge in [-0.2, -0.15) is 0 Å². The first-order chi connectivity index (χ1) is 16.0. The third-order valence-electron chi connectivity index (χ3n) is 5.54. The zero-order chi connectivity index (χ0) is 23.2. The van der Waals surface area contributed by atoms with Gasteiger partial charge < -0.3 is 25.4 Å². The minimum Gasteiger partial charge on any atom is -0.394 e. The molecule has 1 saturated heterocycles. The molecule has 0 spiro atoms. The quantitative estimate of drug-likeness (QED) is 0.265. The Labute approximate surface area is 191 Å². The first-order valence-electron chi connectivity index (χ1n) is 10.9. The Morgan fingerprint density at radius 2 is 2.18 bits per heavy atom. The molecule has 172 valence electrons. The van der Waals surface area contributed by atoms with Crippen LogP contribution < -0.4 is 5.32 Å². The van der Waals surface area contributed by atoms with Crippen molar-refractivity contribution in [3.05, 3.63) is 71.9 Å². The van der Waals surface area contributed by atoms with E-state index in [1.54, 1.807) is 36.5 Å². The summed E-state index contributed by atoms with van der Waals surface area (Å²) in [6.07, 6.45) is 6.09. The molecule has 3 heterocycles. The van der Waals surface area contributed by atoms with Gasteiger partial charge in [0.05, 0.1) is 36.3 Å². The summed E-state index contributed by atoms with van der Waals surface area (Å²) in [7, 11) is 0. The van der Waals surface area contributed by atoms with Gasteiger partial charge in [-0.25, -0.2) is 14.4 Å². The smallest absolute Gasteiger partial charge is 0.130 e. The lowest BCUT2D eigenvalue weighted by atomic mass is 10.0. The van der Waals surface area contributed by atoms with Gasteiger partial charge >= 0.3 is 0 Å². The number of likely N-dealkylation sites (tertiary alicyclic amines) is 1. The number of nitrogens with one attached hydrogen (secondary N) is 3. The van der Waals surface area contributed by atoms with E-state index < -0.39 is 6.10 Å². The largest absolute Gasteiger partial charge is 0.394 e. The summed E-state index contributed by atoms with van der Waals surface area (Å²) in [6, 6.07) is 12.0. The number of hydrogen-bond donors (Lipinski definition) is 5. The van der Waals surface area contributed by atoms with Crippen molar-refractivity contribution in [2.24, 2.45) is 0 Å². The number of benzene rings is 1. The SMILES string of the molecule is N=C(/C=C\c1ncc(-c2cccc(NC[C@H](O)CO)n2)[nH]1)N1CCCC1c1cccc(F)c1. The molecule has 5 N–H and O–H groups in total. The molecule has 33 heavy (non-hydrogen) atoms. The standard InChI is InChI=1S/C24H27FN6O2/c25-17-5-1-4-16(12-17)21-7-3-11-31(21)22(26)9-10-24-28-14-20(30-24)19-6-2-8-23(29-19)27-13-18(33)15-32/h1-2,4-6,8-10,12,14,18,21,26,32-33H,3,7,11,13,15H2,(H,27,29)(H,28,30)/b10-9-,26-22?/t18-,21?/m0/s1. The van der Waals surface area contributed by atoms with Crippen LogP contribution in [0.5, 0.6) is 0 Å². The van der Waals surface area contributed by atoms with Crippen LogP contribution in [0.2, 0.25) is 0 Å². The monoisotopic (exact) mass is 450 g/mol. The molecule has 0 amide bonds. The zero-order valence-electron chi connectivity index (χ0n) is 18.1. The molecule has 1 fully saturated rings. The summed E-state index contributed by atoms with van der Waals surface area (Å²) in [5.41, 5.74) is 2.27. The van der Waals surface area contributed by atoms with Crippen LogP contribution in [-0.2, 0) is 0 Å². The minimum atomic E-state index is -0.856. The second-order valence-electron chi connectivity index (χ2n) is 7.93.